The second-order valence-electron chi connectivity index (χ2n) is 6.98. The van der Waals surface area contributed by atoms with E-state index < -0.39 is 5.91 Å². The molecule has 0 atom stereocenters. The van der Waals surface area contributed by atoms with Crippen LogP contribution in [0.25, 0.3) is 6.08 Å². The number of nitrogens with zero attached hydrogens (tertiary/aromatic N) is 1. The van der Waals surface area contributed by atoms with E-state index in [0.717, 1.165) is 23.1 Å². The summed E-state index contributed by atoms with van der Waals surface area (Å²) in [6.07, 6.45) is 3.99. The molecule has 0 spiro atoms. The maximum absolute atomic E-state index is 12.7. The van der Waals surface area contributed by atoms with Crippen LogP contribution in [0, 0.1) is 0 Å². The van der Waals surface area contributed by atoms with Crippen molar-refractivity contribution in [3.05, 3.63) is 53.1 Å². The molecular weight excluding hydrogens is 400 g/mol. The van der Waals surface area contributed by atoms with Crippen molar-refractivity contribution in [2.75, 3.05) is 34.5 Å². The van der Waals surface area contributed by atoms with Crippen molar-refractivity contribution in [2.24, 2.45) is 5.73 Å². The number of rotatable bonds is 8. The number of ether oxygens (including phenoxy) is 4. The van der Waals surface area contributed by atoms with Gasteiger partial charge in [0.15, 0.2) is 29.6 Å². The van der Waals surface area contributed by atoms with Crippen molar-refractivity contribution >= 4 is 17.9 Å². The molecule has 1 aliphatic rings. The molecule has 0 unspecified atom stereocenters. The van der Waals surface area contributed by atoms with Gasteiger partial charge in [0.05, 0.1) is 21.3 Å². The number of hydrogen-bond acceptors (Lipinski definition) is 6. The molecule has 0 aliphatic carbocycles. The fourth-order valence-corrected chi connectivity index (χ4v) is 3.40. The summed E-state index contributed by atoms with van der Waals surface area (Å²) in [5, 5.41) is 0. The van der Waals surface area contributed by atoms with Crippen molar-refractivity contribution in [1.82, 2.24) is 4.90 Å². The van der Waals surface area contributed by atoms with Gasteiger partial charge in [-0.2, -0.15) is 0 Å². The van der Waals surface area contributed by atoms with E-state index in [-0.39, 0.29) is 12.5 Å². The zero-order chi connectivity index (χ0) is 22.4. The SMILES string of the molecule is COc1cc2c(cc1OC)CN(C(=O)/C=C/c1ccc(OCC(N)=O)c(OC)c1)CC2. The molecule has 31 heavy (non-hydrogen) atoms. The Balaban J connectivity index is 1.70. The van der Waals surface area contributed by atoms with Crippen LogP contribution in [-0.4, -0.2) is 51.2 Å². The second-order valence-corrected chi connectivity index (χ2v) is 6.98. The van der Waals surface area contributed by atoms with Gasteiger partial charge in [0.1, 0.15) is 0 Å². The Labute approximate surface area is 181 Å². The standard InChI is InChI=1S/C23H26N2O6/c1-28-19-10-15(4-6-18(19)31-14-22(24)26)5-7-23(27)25-9-8-16-11-20(29-2)21(30-3)12-17(16)13-25/h4-7,10-12H,8-9,13-14H2,1-3H3,(H2,24,26)/b7-5+. The number of carbonyl (C=O) groups is 2. The van der Waals surface area contributed by atoms with E-state index in [0.29, 0.717) is 36.1 Å². The highest BCUT2D eigenvalue weighted by atomic mass is 16.5. The normalized spacial score (nSPS) is 12.9. The Morgan fingerprint density at radius 1 is 0.968 bits per heavy atom. The lowest BCUT2D eigenvalue weighted by Crippen LogP contribution is -2.34. The molecule has 0 aromatic heterocycles. The van der Waals surface area contributed by atoms with Gasteiger partial charge in [-0.1, -0.05) is 6.07 Å². The van der Waals surface area contributed by atoms with Crippen LogP contribution in [0.4, 0.5) is 0 Å². The van der Waals surface area contributed by atoms with Crippen LogP contribution in [0.5, 0.6) is 23.0 Å². The average molecular weight is 426 g/mol. The minimum absolute atomic E-state index is 0.0894. The Hall–Kier alpha value is -3.68. The van der Waals surface area contributed by atoms with Gasteiger partial charge in [-0.05, 0) is 53.5 Å². The fraction of sp³-hybridized carbons (Fsp3) is 0.304. The Morgan fingerprint density at radius 2 is 1.61 bits per heavy atom. The highest BCUT2D eigenvalue weighted by molar-refractivity contribution is 5.92. The number of methoxy groups -OCH3 is 3. The molecule has 8 heteroatoms. The fourth-order valence-electron chi connectivity index (χ4n) is 3.40. The van der Waals surface area contributed by atoms with Gasteiger partial charge in [0.25, 0.3) is 5.91 Å². The number of fused-ring (bicyclic) bond motifs is 1. The Bertz CT molecular complexity index is 1000. The number of hydrogen-bond donors (Lipinski definition) is 1. The molecule has 164 valence electrons. The topological polar surface area (TPSA) is 100 Å². The molecule has 1 heterocycles. The van der Waals surface area contributed by atoms with E-state index in [1.54, 1.807) is 43.4 Å². The van der Waals surface area contributed by atoms with Crippen LogP contribution in [0.3, 0.4) is 0 Å². The third-order valence-corrected chi connectivity index (χ3v) is 5.01. The van der Waals surface area contributed by atoms with Gasteiger partial charge in [-0.15, -0.1) is 0 Å². The molecule has 0 bridgehead atoms. The van der Waals surface area contributed by atoms with Crippen molar-refractivity contribution < 1.29 is 28.5 Å². The summed E-state index contributed by atoms with van der Waals surface area (Å²) in [4.78, 5) is 25.4. The summed E-state index contributed by atoms with van der Waals surface area (Å²) in [7, 11) is 4.70. The molecule has 8 nitrogen and oxygen atoms in total. The maximum atomic E-state index is 12.7. The van der Waals surface area contributed by atoms with Crippen LogP contribution in [0.1, 0.15) is 16.7 Å². The van der Waals surface area contributed by atoms with E-state index in [4.69, 9.17) is 24.7 Å². The maximum Gasteiger partial charge on any atom is 0.255 e. The van der Waals surface area contributed by atoms with E-state index >= 15 is 0 Å². The Morgan fingerprint density at radius 3 is 2.26 bits per heavy atom. The molecule has 0 saturated heterocycles. The second kappa shape index (κ2) is 9.88. The third-order valence-electron chi connectivity index (χ3n) is 5.01. The third kappa shape index (κ3) is 5.28. The highest BCUT2D eigenvalue weighted by Crippen LogP contribution is 2.33. The summed E-state index contributed by atoms with van der Waals surface area (Å²) in [6, 6.07) is 9.06. The largest absolute Gasteiger partial charge is 0.493 e. The van der Waals surface area contributed by atoms with Gasteiger partial charge in [-0.3, -0.25) is 9.59 Å². The molecule has 2 N–H and O–H groups in total. The molecule has 0 radical (unpaired) electrons. The van der Waals surface area contributed by atoms with Gasteiger partial charge >= 0.3 is 0 Å². The molecule has 2 aromatic carbocycles. The van der Waals surface area contributed by atoms with Crippen LogP contribution < -0.4 is 24.7 Å². The average Bonchev–Trinajstić information content (AvgIpc) is 2.79. The molecule has 0 saturated carbocycles. The smallest absolute Gasteiger partial charge is 0.255 e. The summed E-state index contributed by atoms with van der Waals surface area (Å²) >= 11 is 0. The first-order valence-corrected chi connectivity index (χ1v) is 9.75. The van der Waals surface area contributed by atoms with Crippen molar-refractivity contribution in [1.29, 1.82) is 0 Å². The lowest BCUT2D eigenvalue weighted by Gasteiger charge is -2.28. The van der Waals surface area contributed by atoms with Gasteiger partial charge in [0.2, 0.25) is 5.91 Å². The molecule has 2 aromatic rings. The van der Waals surface area contributed by atoms with E-state index in [9.17, 15) is 9.59 Å². The molecule has 0 fully saturated rings. The first-order valence-electron chi connectivity index (χ1n) is 9.75. The van der Waals surface area contributed by atoms with E-state index in [2.05, 4.69) is 0 Å². The lowest BCUT2D eigenvalue weighted by molar-refractivity contribution is -0.126. The van der Waals surface area contributed by atoms with E-state index in [1.165, 1.54) is 13.2 Å². The number of benzene rings is 2. The van der Waals surface area contributed by atoms with Crippen molar-refractivity contribution in [2.45, 2.75) is 13.0 Å². The Kier molecular flexibility index (Phi) is 7.02. The predicted molar refractivity (Wildman–Crippen MR) is 115 cm³/mol. The molecule has 2 amide bonds. The van der Waals surface area contributed by atoms with Gasteiger partial charge in [-0.25, -0.2) is 0 Å². The number of carbonyl (C=O) groups excluding carboxylic acids is 2. The number of amides is 2. The lowest BCUT2D eigenvalue weighted by atomic mass is 9.98. The molecule has 1 aliphatic heterocycles. The minimum atomic E-state index is -0.573. The van der Waals surface area contributed by atoms with Gasteiger partial charge < -0.3 is 29.6 Å². The first-order chi connectivity index (χ1) is 14.9. The summed E-state index contributed by atoms with van der Waals surface area (Å²) in [6.45, 7) is 0.883. The highest BCUT2D eigenvalue weighted by Gasteiger charge is 2.21. The van der Waals surface area contributed by atoms with E-state index in [1.807, 2.05) is 12.1 Å². The zero-order valence-corrected chi connectivity index (χ0v) is 17.8. The van der Waals surface area contributed by atoms with Gasteiger partial charge in [0, 0.05) is 19.2 Å². The number of primary amides is 1. The number of nitrogens with two attached hydrogens (primary N) is 1. The van der Waals surface area contributed by atoms with Crippen LogP contribution in [0.2, 0.25) is 0 Å². The quantitative estimate of drug-likeness (QED) is 0.650. The zero-order valence-electron chi connectivity index (χ0n) is 17.8. The van der Waals surface area contributed by atoms with Crippen LogP contribution in [-0.2, 0) is 22.6 Å². The first kappa shape index (κ1) is 22.0. The van der Waals surface area contributed by atoms with Crippen molar-refractivity contribution in [3.8, 4) is 23.0 Å². The minimum Gasteiger partial charge on any atom is -0.493 e. The summed E-state index contributed by atoms with van der Waals surface area (Å²) in [5.74, 6) is 1.53. The molecular formula is C23H26N2O6. The van der Waals surface area contributed by atoms with Crippen LogP contribution >= 0.6 is 0 Å². The summed E-state index contributed by atoms with van der Waals surface area (Å²) in [5.41, 5.74) is 8.07. The monoisotopic (exact) mass is 426 g/mol. The summed E-state index contributed by atoms with van der Waals surface area (Å²) < 4.78 is 21.3. The molecule has 3 rings (SSSR count). The predicted octanol–water partition coefficient (Wildman–Crippen LogP) is 2.17. The van der Waals surface area contributed by atoms with Crippen LogP contribution in [0.15, 0.2) is 36.4 Å². The van der Waals surface area contributed by atoms with Crippen molar-refractivity contribution in [3.63, 3.8) is 0 Å².